The van der Waals surface area contributed by atoms with E-state index in [2.05, 4.69) is 37.3 Å². The average Bonchev–Trinajstić information content (AvgIpc) is 2.70. The minimum atomic E-state index is 0.323. The molecule has 2 rings (SSSR count). The molecule has 0 saturated heterocycles. The number of hydrogen-bond donors (Lipinski definition) is 1. The molecule has 2 heterocycles. The van der Waals surface area contributed by atoms with Crippen molar-refractivity contribution in [1.82, 2.24) is 19.7 Å². The number of nitrogens with zero attached hydrogens (tertiary/aromatic N) is 4. The number of nitrogen functional groups attached to an aromatic ring is 1. The van der Waals surface area contributed by atoms with Crippen molar-refractivity contribution < 1.29 is 0 Å². The van der Waals surface area contributed by atoms with Gasteiger partial charge < -0.3 is 5.73 Å². The summed E-state index contributed by atoms with van der Waals surface area (Å²) in [5.41, 5.74) is 7.36. The molecule has 0 aliphatic rings. The number of aromatic nitrogens is 4. The van der Waals surface area contributed by atoms with E-state index in [9.17, 15) is 0 Å². The minimum Gasteiger partial charge on any atom is -0.382 e. The second kappa shape index (κ2) is 4.59. The van der Waals surface area contributed by atoms with Crippen LogP contribution in [-0.2, 0) is 0 Å². The van der Waals surface area contributed by atoms with Gasteiger partial charge in [-0.05, 0) is 28.1 Å². The zero-order chi connectivity index (χ0) is 10.8. The molecule has 2 N–H and O–H groups in total. The van der Waals surface area contributed by atoms with Crippen LogP contribution in [0.2, 0.25) is 5.15 Å². The Kier molecular flexibility index (Phi) is 3.38. The Morgan fingerprint density at radius 1 is 1.47 bits per heavy atom. The van der Waals surface area contributed by atoms with Crippen molar-refractivity contribution in [3.05, 3.63) is 23.6 Å². The first-order valence-corrected chi connectivity index (χ1v) is 8.35. The first kappa shape index (κ1) is 11.0. The summed E-state index contributed by atoms with van der Waals surface area (Å²) in [6.45, 7) is 0. The highest BCUT2D eigenvalue weighted by Gasteiger charge is 2.08. The van der Waals surface area contributed by atoms with E-state index in [1.807, 2.05) is 10.6 Å². The van der Waals surface area contributed by atoms with Crippen molar-refractivity contribution in [2.24, 2.45) is 0 Å². The summed E-state index contributed by atoms with van der Waals surface area (Å²) in [6, 6.07) is 1.68. The van der Waals surface area contributed by atoms with Crippen molar-refractivity contribution in [2.75, 3.05) is 5.73 Å². The van der Waals surface area contributed by atoms with Gasteiger partial charge in [0.2, 0.25) is 0 Å². The predicted molar refractivity (Wildman–Crippen MR) is 70.4 cm³/mol. The van der Waals surface area contributed by atoms with Gasteiger partial charge in [0.1, 0.15) is 0 Å². The third-order valence-corrected chi connectivity index (χ3v) is 3.86. The number of nitrogens with two attached hydrogens (primary N) is 1. The monoisotopic (exact) mass is 353 g/mol. The maximum atomic E-state index is 5.75. The molecule has 0 saturated carbocycles. The Bertz CT molecular complexity index is 488. The van der Waals surface area contributed by atoms with Gasteiger partial charge in [-0.15, -0.1) is 10.2 Å². The molecule has 15 heavy (non-hydrogen) atoms. The van der Waals surface area contributed by atoms with Crippen LogP contribution in [0, 0.1) is 0 Å². The molecule has 78 valence electrons. The Morgan fingerprint density at radius 3 is 2.93 bits per heavy atom. The number of hydrogen-bond acceptors (Lipinski definition) is 4. The summed E-state index contributed by atoms with van der Waals surface area (Å²) in [6.07, 6.45) is 4.18. The second-order valence-electron chi connectivity index (χ2n) is 2.72. The van der Waals surface area contributed by atoms with Gasteiger partial charge in [0.25, 0.3) is 0 Å². The summed E-state index contributed by atoms with van der Waals surface area (Å²) >= 11 is 8.00. The highest BCUT2D eigenvalue weighted by atomic mass is 127. The number of anilines is 1. The molecule has 0 aromatic carbocycles. The SMILES string of the molecule is Nc1nnc(Cl)cc1-c1cnn(PI)c1. The summed E-state index contributed by atoms with van der Waals surface area (Å²) in [4.78, 5) is 0. The standard InChI is InChI=1S/C7H6ClIN5P/c8-6-1-5(7(10)13-12-6)4-2-11-14(3-4)15-9/h1-3,15H,(H2,10,13). The predicted octanol–water partition coefficient (Wildman–Crippen LogP) is 2.37. The summed E-state index contributed by atoms with van der Waals surface area (Å²) in [5, 5.41) is 11.9. The third kappa shape index (κ3) is 2.38. The van der Waals surface area contributed by atoms with Crippen LogP contribution in [0.5, 0.6) is 0 Å². The van der Waals surface area contributed by atoms with Crippen LogP contribution in [0.25, 0.3) is 11.1 Å². The van der Waals surface area contributed by atoms with Crippen LogP contribution in [-0.4, -0.2) is 19.7 Å². The molecule has 1 unspecified atom stereocenters. The molecule has 0 fully saturated rings. The maximum Gasteiger partial charge on any atom is 0.154 e. The first-order valence-electron chi connectivity index (χ1n) is 3.91. The highest BCUT2D eigenvalue weighted by Crippen LogP contribution is 2.29. The molecule has 5 nitrogen and oxygen atoms in total. The third-order valence-electron chi connectivity index (χ3n) is 1.77. The second-order valence-corrected chi connectivity index (χ2v) is 5.19. The van der Waals surface area contributed by atoms with E-state index in [1.165, 1.54) is 0 Å². The quantitative estimate of drug-likeness (QED) is 0.665. The normalized spacial score (nSPS) is 11.3. The molecule has 2 aromatic rings. The Hall–Kier alpha value is -0.460. The van der Waals surface area contributed by atoms with Crippen molar-refractivity contribution in [1.29, 1.82) is 0 Å². The molecule has 0 amide bonds. The smallest absolute Gasteiger partial charge is 0.154 e. The molecule has 0 radical (unpaired) electrons. The van der Waals surface area contributed by atoms with Crippen molar-refractivity contribution in [3.8, 4) is 11.1 Å². The van der Waals surface area contributed by atoms with Crippen LogP contribution in [0.3, 0.4) is 0 Å². The van der Waals surface area contributed by atoms with Gasteiger partial charge >= 0.3 is 0 Å². The lowest BCUT2D eigenvalue weighted by atomic mass is 10.2. The number of rotatable bonds is 2. The lowest BCUT2D eigenvalue weighted by molar-refractivity contribution is 1.01. The lowest BCUT2D eigenvalue weighted by Gasteiger charge is -2.00. The van der Waals surface area contributed by atoms with E-state index in [0.29, 0.717) is 17.3 Å². The van der Waals surface area contributed by atoms with Crippen LogP contribution in [0.15, 0.2) is 18.5 Å². The zero-order valence-electron chi connectivity index (χ0n) is 7.35. The fourth-order valence-electron chi connectivity index (χ4n) is 1.12. The van der Waals surface area contributed by atoms with Crippen LogP contribution in [0.1, 0.15) is 0 Å². The molecule has 2 aromatic heterocycles. The van der Waals surface area contributed by atoms with Gasteiger partial charge in [-0.25, -0.2) is 4.45 Å². The van der Waals surface area contributed by atoms with Gasteiger partial charge in [0.15, 0.2) is 11.0 Å². The van der Waals surface area contributed by atoms with Gasteiger partial charge in [-0.1, -0.05) is 11.6 Å². The first-order chi connectivity index (χ1) is 7.20. The van der Waals surface area contributed by atoms with E-state index in [4.69, 9.17) is 17.3 Å². The van der Waals surface area contributed by atoms with Crippen molar-refractivity contribution in [2.45, 2.75) is 0 Å². The Morgan fingerprint density at radius 2 is 2.27 bits per heavy atom. The molecule has 0 spiro atoms. The van der Waals surface area contributed by atoms with Crippen molar-refractivity contribution in [3.63, 3.8) is 0 Å². The van der Waals surface area contributed by atoms with E-state index in [1.54, 1.807) is 12.3 Å². The molecule has 0 aliphatic heterocycles. The number of halogens is 2. The van der Waals surface area contributed by atoms with Gasteiger partial charge in [0, 0.05) is 17.3 Å². The van der Waals surface area contributed by atoms with E-state index >= 15 is 0 Å². The van der Waals surface area contributed by atoms with E-state index in [0.717, 1.165) is 11.1 Å². The molecule has 0 bridgehead atoms. The molecular weight excluding hydrogens is 347 g/mol. The molecule has 8 heteroatoms. The largest absolute Gasteiger partial charge is 0.382 e. The summed E-state index contributed by atoms with van der Waals surface area (Å²) in [5.74, 6) is 0.357. The molecular formula is C7H6ClIN5P. The molecule has 1 atom stereocenters. The van der Waals surface area contributed by atoms with Crippen LogP contribution < -0.4 is 5.73 Å². The highest BCUT2D eigenvalue weighted by molar-refractivity contribution is 14.2. The lowest BCUT2D eigenvalue weighted by Crippen LogP contribution is -1.96. The van der Waals surface area contributed by atoms with E-state index in [-0.39, 0.29) is 0 Å². The van der Waals surface area contributed by atoms with E-state index < -0.39 is 0 Å². The van der Waals surface area contributed by atoms with Crippen LogP contribution in [0.4, 0.5) is 5.82 Å². The summed E-state index contributed by atoms with van der Waals surface area (Å²) < 4.78 is 1.82. The molecule has 0 aliphatic carbocycles. The van der Waals surface area contributed by atoms with Gasteiger partial charge in [0.05, 0.1) is 12.6 Å². The zero-order valence-corrected chi connectivity index (χ0v) is 11.3. The van der Waals surface area contributed by atoms with Crippen LogP contribution >= 0.6 is 40.0 Å². The maximum absolute atomic E-state index is 5.75. The topological polar surface area (TPSA) is 69.6 Å². The Labute approximate surface area is 106 Å². The van der Waals surface area contributed by atoms with Gasteiger partial charge in [-0.3, -0.25) is 0 Å². The average molecular weight is 353 g/mol. The van der Waals surface area contributed by atoms with Crippen molar-refractivity contribution >= 4 is 45.8 Å². The summed E-state index contributed by atoms with van der Waals surface area (Å²) in [7, 11) is 0. The fourth-order valence-corrected chi connectivity index (χ4v) is 2.34. The fraction of sp³-hybridized carbons (Fsp3) is 0. The Balaban J connectivity index is 2.48. The van der Waals surface area contributed by atoms with Gasteiger partial charge in [-0.2, -0.15) is 5.10 Å². The minimum absolute atomic E-state index is 0.323.